The first-order valence-electron chi connectivity index (χ1n) is 6.34. The minimum absolute atomic E-state index is 0.0800. The predicted octanol–water partition coefficient (Wildman–Crippen LogP) is 1.60. The molecule has 7 heteroatoms. The molecule has 2 rings (SSSR count). The molecule has 0 aliphatic carbocycles. The Balaban J connectivity index is 2.53. The zero-order valence-corrected chi connectivity index (χ0v) is 13.1. The maximum Gasteiger partial charge on any atom is 0.252 e. The van der Waals surface area contributed by atoms with Gasteiger partial charge in [0, 0.05) is 12.1 Å². The first kappa shape index (κ1) is 15.4. The van der Waals surface area contributed by atoms with E-state index in [9.17, 15) is 9.59 Å². The van der Waals surface area contributed by atoms with Gasteiger partial charge in [0.1, 0.15) is 23.6 Å². The van der Waals surface area contributed by atoms with E-state index in [0.29, 0.717) is 22.2 Å². The van der Waals surface area contributed by atoms with Crippen molar-refractivity contribution in [3.63, 3.8) is 0 Å². The fraction of sp³-hybridized carbons (Fsp3) is 0.429. The van der Waals surface area contributed by atoms with E-state index in [4.69, 9.17) is 21.1 Å². The van der Waals surface area contributed by atoms with Crippen molar-refractivity contribution in [2.45, 2.75) is 19.4 Å². The highest BCUT2D eigenvalue weighted by Crippen LogP contribution is 2.39. The fourth-order valence-corrected chi connectivity index (χ4v) is 2.47. The van der Waals surface area contributed by atoms with Gasteiger partial charge in [-0.15, -0.1) is 0 Å². The van der Waals surface area contributed by atoms with E-state index < -0.39 is 5.54 Å². The molecule has 1 aliphatic heterocycles. The molecule has 2 amide bonds. The second-order valence-corrected chi connectivity index (χ2v) is 5.63. The first-order valence-corrected chi connectivity index (χ1v) is 6.72. The molecule has 0 aromatic heterocycles. The third-order valence-corrected chi connectivity index (χ3v) is 3.57. The Bertz CT molecular complexity index is 601. The number of piperazine rings is 1. The summed E-state index contributed by atoms with van der Waals surface area (Å²) in [5.41, 5.74) is -0.528. The minimum atomic E-state index is -0.979. The lowest BCUT2D eigenvalue weighted by molar-refractivity contribution is -0.134. The number of rotatable bonds is 3. The van der Waals surface area contributed by atoms with Gasteiger partial charge >= 0.3 is 0 Å². The third-order valence-electron chi connectivity index (χ3n) is 3.28. The van der Waals surface area contributed by atoms with Gasteiger partial charge in [-0.1, -0.05) is 11.6 Å². The van der Waals surface area contributed by atoms with Gasteiger partial charge in [0.25, 0.3) is 5.91 Å². The number of hydrogen-bond acceptors (Lipinski definition) is 4. The summed E-state index contributed by atoms with van der Waals surface area (Å²) in [6.45, 7) is 3.22. The Morgan fingerprint density at radius 1 is 1.19 bits per heavy atom. The summed E-state index contributed by atoms with van der Waals surface area (Å²) in [4.78, 5) is 25.7. The van der Waals surface area contributed by atoms with Crippen molar-refractivity contribution in [2.75, 3.05) is 25.7 Å². The summed E-state index contributed by atoms with van der Waals surface area (Å²) in [5, 5.41) is 3.02. The van der Waals surface area contributed by atoms with E-state index in [1.165, 1.54) is 19.1 Å². The molecule has 0 saturated carbocycles. The van der Waals surface area contributed by atoms with Crippen molar-refractivity contribution in [3.8, 4) is 11.5 Å². The number of amides is 2. The van der Waals surface area contributed by atoms with Gasteiger partial charge in [-0.25, -0.2) is 0 Å². The summed E-state index contributed by atoms with van der Waals surface area (Å²) in [7, 11) is 2.95. The molecule has 21 heavy (non-hydrogen) atoms. The van der Waals surface area contributed by atoms with Crippen LogP contribution in [0, 0.1) is 0 Å². The lowest BCUT2D eigenvalue weighted by atomic mass is 9.99. The zero-order valence-electron chi connectivity index (χ0n) is 12.3. The van der Waals surface area contributed by atoms with E-state index in [2.05, 4.69) is 5.32 Å². The lowest BCUT2D eigenvalue weighted by Gasteiger charge is -2.37. The van der Waals surface area contributed by atoms with Crippen molar-refractivity contribution in [1.82, 2.24) is 5.32 Å². The largest absolute Gasteiger partial charge is 0.495 e. The number of ether oxygens (including phenoxy) is 2. The molecule has 1 saturated heterocycles. The standard InChI is InChI=1S/C14H17ClN2O4/c1-14(2)13(19)17(7-12(18)16-14)9-6-10(20-3)8(15)5-11(9)21-4/h5-6H,7H2,1-4H3,(H,16,18). The van der Waals surface area contributed by atoms with E-state index in [1.54, 1.807) is 26.0 Å². The lowest BCUT2D eigenvalue weighted by Crippen LogP contribution is -2.64. The van der Waals surface area contributed by atoms with E-state index in [0.717, 1.165) is 0 Å². The fourth-order valence-electron chi connectivity index (χ4n) is 2.24. The molecule has 1 N–H and O–H groups in total. The van der Waals surface area contributed by atoms with Crippen LogP contribution < -0.4 is 19.7 Å². The highest BCUT2D eigenvalue weighted by Gasteiger charge is 2.40. The van der Waals surface area contributed by atoms with Gasteiger partial charge in [-0.05, 0) is 13.8 Å². The monoisotopic (exact) mass is 312 g/mol. The Labute approximate surface area is 128 Å². The van der Waals surface area contributed by atoms with Gasteiger partial charge in [0.2, 0.25) is 5.91 Å². The van der Waals surface area contributed by atoms with Crippen LogP contribution in [0.15, 0.2) is 12.1 Å². The summed E-state index contributed by atoms with van der Waals surface area (Å²) in [6, 6.07) is 3.15. The number of methoxy groups -OCH3 is 2. The molecule has 0 unspecified atom stereocenters. The molecule has 0 spiro atoms. The molecule has 1 fully saturated rings. The Morgan fingerprint density at radius 2 is 1.81 bits per heavy atom. The molecule has 1 aromatic rings. The smallest absolute Gasteiger partial charge is 0.252 e. The Kier molecular flexibility index (Phi) is 4.00. The molecule has 6 nitrogen and oxygen atoms in total. The quantitative estimate of drug-likeness (QED) is 0.920. The van der Waals surface area contributed by atoms with Crippen molar-refractivity contribution < 1.29 is 19.1 Å². The maximum atomic E-state index is 12.5. The van der Waals surface area contributed by atoms with Crippen LogP contribution in [0.25, 0.3) is 0 Å². The Morgan fingerprint density at radius 3 is 2.38 bits per heavy atom. The van der Waals surface area contributed by atoms with Crippen LogP contribution >= 0.6 is 11.6 Å². The van der Waals surface area contributed by atoms with Crippen LogP contribution in [0.2, 0.25) is 5.02 Å². The van der Waals surface area contributed by atoms with Crippen molar-refractivity contribution in [3.05, 3.63) is 17.2 Å². The second kappa shape index (κ2) is 5.44. The SMILES string of the molecule is COc1cc(N2CC(=O)NC(C)(C)C2=O)c(OC)cc1Cl. The van der Waals surface area contributed by atoms with Gasteiger partial charge < -0.3 is 14.8 Å². The molecule has 1 heterocycles. The normalized spacial score (nSPS) is 17.5. The minimum Gasteiger partial charge on any atom is -0.495 e. The molecule has 0 atom stereocenters. The number of carbonyl (C=O) groups excluding carboxylic acids is 2. The van der Waals surface area contributed by atoms with Gasteiger partial charge in [0.15, 0.2) is 0 Å². The van der Waals surface area contributed by atoms with Crippen LogP contribution in [0.1, 0.15) is 13.8 Å². The number of hydrogen-bond donors (Lipinski definition) is 1. The summed E-state index contributed by atoms with van der Waals surface area (Å²) in [6.07, 6.45) is 0. The van der Waals surface area contributed by atoms with Crippen molar-refractivity contribution >= 4 is 29.1 Å². The second-order valence-electron chi connectivity index (χ2n) is 5.22. The molecular formula is C14H17ClN2O4. The molecule has 114 valence electrons. The average molecular weight is 313 g/mol. The number of anilines is 1. The van der Waals surface area contributed by atoms with Crippen LogP contribution in [-0.4, -0.2) is 38.1 Å². The van der Waals surface area contributed by atoms with Crippen LogP contribution in [0.3, 0.4) is 0 Å². The number of halogens is 1. The highest BCUT2D eigenvalue weighted by atomic mass is 35.5. The molecule has 1 aromatic carbocycles. The Hall–Kier alpha value is -1.95. The zero-order chi connectivity index (χ0) is 15.8. The first-order chi connectivity index (χ1) is 9.80. The molecule has 0 bridgehead atoms. The maximum absolute atomic E-state index is 12.5. The number of benzene rings is 1. The predicted molar refractivity (Wildman–Crippen MR) is 79.1 cm³/mol. The van der Waals surface area contributed by atoms with Crippen LogP contribution in [0.5, 0.6) is 11.5 Å². The van der Waals surface area contributed by atoms with Crippen molar-refractivity contribution in [1.29, 1.82) is 0 Å². The van der Waals surface area contributed by atoms with Crippen LogP contribution in [-0.2, 0) is 9.59 Å². The summed E-state index contributed by atoms with van der Waals surface area (Å²) in [5.74, 6) is 0.337. The van der Waals surface area contributed by atoms with Gasteiger partial charge in [-0.2, -0.15) is 0 Å². The topological polar surface area (TPSA) is 67.9 Å². The van der Waals surface area contributed by atoms with E-state index >= 15 is 0 Å². The van der Waals surface area contributed by atoms with E-state index in [1.807, 2.05) is 0 Å². The number of nitrogens with zero attached hydrogens (tertiary/aromatic N) is 1. The van der Waals surface area contributed by atoms with Crippen LogP contribution in [0.4, 0.5) is 5.69 Å². The number of nitrogens with one attached hydrogen (secondary N) is 1. The molecule has 0 radical (unpaired) electrons. The number of carbonyl (C=O) groups is 2. The van der Waals surface area contributed by atoms with Crippen molar-refractivity contribution in [2.24, 2.45) is 0 Å². The third kappa shape index (κ3) is 2.76. The van der Waals surface area contributed by atoms with Gasteiger partial charge in [-0.3, -0.25) is 14.5 Å². The van der Waals surface area contributed by atoms with Gasteiger partial charge in [0.05, 0.1) is 24.9 Å². The highest BCUT2D eigenvalue weighted by molar-refractivity contribution is 6.32. The summed E-state index contributed by atoms with van der Waals surface area (Å²) >= 11 is 6.05. The average Bonchev–Trinajstić information content (AvgIpc) is 2.42. The molecule has 1 aliphatic rings. The molecular weight excluding hydrogens is 296 g/mol. The van der Waals surface area contributed by atoms with E-state index in [-0.39, 0.29) is 18.4 Å². The summed E-state index contributed by atoms with van der Waals surface area (Å²) < 4.78 is 10.4.